The van der Waals surface area contributed by atoms with Gasteiger partial charge in [-0.25, -0.2) is 0 Å². The van der Waals surface area contributed by atoms with E-state index in [0.717, 1.165) is 18.1 Å². The molecule has 0 atom stereocenters. The predicted octanol–water partition coefficient (Wildman–Crippen LogP) is 2.69. The van der Waals surface area contributed by atoms with Crippen LogP contribution >= 0.6 is 11.6 Å². The molecule has 0 saturated heterocycles. The van der Waals surface area contributed by atoms with Crippen LogP contribution in [0.4, 0.5) is 0 Å². The Labute approximate surface area is 95.1 Å². The standard InChI is InChI=1S/C12H14ClNO/c1-15-9-14-7-11-5-3-2-4-10(11)6-12(13)8-14/h2-6H,7-9H2,1H3. The van der Waals surface area contributed by atoms with Crippen LogP contribution in [0.25, 0.3) is 6.08 Å². The van der Waals surface area contributed by atoms with Crippen LogP contribution in [0.2, 0.25) is 0 Å². The molecule has 0 radical (unpaired) electrons. The first-order valence-corrected chi connectivity index (χ1v) is 5.32. The van der Waals surface area contributed by atoms with Crippen LogP contribution in [-0.2, 0) is 11.3 Å². The summed E-state index contributed by atoms with van der Waals surface area (Å²) in [7, 11) is 1.70. The van der Waals surface area contributed by atoms with E-state index in [1.165, 1.54) is 11.1 Å². The smallest absolute Gasteiger partial charge is 0.0992 e. The highest BCUT2D eigenvalue weighted by Gasteiger charge is 2.13. The van der Waals surface area contributed by atoms with Crippen molar-refractivity contribution in [3.63, 3.8) is 0 Å². The van der Waals surface area contributed by atoms with Crippen molar-refractivity contribution < 1.29 is 4.74 Å². The molecule has 0 amide bonds. The molecule has 0 saturated carbocycles. The second-order valence-corrected chi connectivity index (χ2v) is 4.18. The van der Waals surface area contributed by atoms with Gasteiger partial charge < -0.3 is 4.74 Å². The number of hydrogen-bond donors (Lipinski definition) is 0. The zero-order chi connectivity index (χ0) is 10.7. The third-order valence-electron chi connectivity index (χ3n) is 2.45. The minimum Gasteiger partial charge on any atom is -0.369 e. The molecule has 15 heavy (non-hydrogen) atoms. The molecule has 1 aromatic rings. The van der Waals surface area contributed by atoms with E-state index in [2.05, 4.69) is 23.1 Å². The summed E-state index contributed by atoms with van der Waals surface area (Å²) >= 11 is 6.14. The van der Waals surface area contributed by atoms with Crippen molar-refractivity contribution in [3.05, 3.63) is 40.4 Å². The first-order chi connectivity index (χ1) is 7.29. The Balaban J connectivity index is 2.28. The van der Waals surface area contributed by atoms with Gasteiger partial charge in [-0.15, -0.1) is 0 Å². The lowest BCUT2D eigenvalue weighted by molar-refractivity contribution is 0.0662. The second kappa shape index (κ2) is 4.79. The van der Waals surface area contributed by atoms with Crippen molar-refractivity contribution in [1.82, 2.24) is 4.90 Å². The van der Waals surface area contributed by atoms with Gasteiger partial charge in [0.15, 0.2) is 0 Å². The molecule has 0 bridgehead atoms. The summed E-state index contributed by atoms with van der Waals surface area (Å²) in [6.07, 6.45) is 2.03. The van der Waals surface area contributed by atoms with Gasteiger partial charge in [0.1, 0.15) is 0 Å². The molecule has 0 N–H and O–H groups in total. The molecule has 1 aliphatic rings. The van der Waals surface area contributed by atoms with Gasteiger partial charge in [0.25, 0.3) is 0 Å². The molecule has 0 unspecified atom stereocenters. The molecule has 0 spiro atoms. The average Bonchev–Trinajstić information content (AvgIpc) is 2.35. The molecule has 2 nitrogen and oxygen atoms in total. The van der Waals surface area contributed by atoms with Crippen molar-refractivity contribution in [2.45, 2.75) is 6.54 Å². The molecular formula is C12H14ClNO. The maximum Gasteiger partial charge on any atom is 0.0992 e. The van der Waals surface area contributed by atoms with Crippen molar-refractivity contribution in [2.75, 3.05) is 20.4 Å². The summed E-state index contributed by atoms with van der Waals surface area (Å²) in [6.45, 7) is 2.25. The van der Waals surface area contributed by atoms with Crippen molar-refractivity contribution in [3.8, 4) is 0 Å². The van der Waals surface area contributed by atoms with Crippen LogP contribution < -0.4 is 0 Å². The van der Waals surface area contributed by atoms with Gasteiger partial charge in [-0.3, -0.25) is 4.90 Å². The Morgan fingerprint density at radius 3 is 2.93 bits per heavy atom. The number of methoxy groups -OCH3 is 1. The summed E-state index contributed by atoms with van der Waals surface area (Å²) in [6, 6.07) is 8.31. The van der Waals surface area contributed by atoms with E-state index in [-0.39, 0.29) is 0 Å². The molecule has 80 valence electrons. The minimum atomic E-state index is 0.610. The van der Waals surface area contributed by atoms with Gasteiger partial charge in [-0.2, -0.15) is 0 Å². The van der Waals surface area contributed by atoms with Crippen molar-refractivity contribution in [1.29, 1.82) is 0 Å². The number of nitrogens with zero attached hydrogens (tertiary/aromatic N) is 1. The maximum atomic E-state index is 6.14. The van der Waals surface area contributed by atoms with Crippen LogP contribution in [-0.4, -0.2) is 25.3 Å². The Hall–Kier alpha value is -0.830. The number of hydrogen-bond acceptors (Lipinski definition) is 2. The summed E-state index contributed by atoms with van der Waals surface area (Å²) < 4.78 is 5.14. The highest BCUT2D eigenvalue weighted by molar-refractivity contribution is 6.31. The van der Waals surface area contributed by atoms with E-state index < -0.39 is 0 Å². The van der Waals surface area contributed by atoms with Gasteiger partial charge in [-0.1, -0.05) is 35.9 Å². The number of fused-ring (bicyclic) bond motifs is 1. The molecule has 1 aromatic carbocycles. The van der Waals surface area contributed by atoms with E-state index in [1.807, 2.05) is 12.1 Å². The Kier molecular flexibility index (Phi) is 3.41. The van der Waals surface area contributed by atoms with Gasteiger partial charge >= 0.3 is 0 Å². The van der Waals surface area contributed by atoms with E-state index >= 15 is 0 Å². The van der Waals surface area contributed by atoms with E-state index in [9.17, 15) is 0 Å². The molecule has 2 rings (SSSR count). The lowest BCUT2D eigenvalue weighted by Crippen LogP contribution is -2.25. The van der Waals surface area contributed by atoms with Crippen molar-refractivity contribution >= 4 is 17.7 Å². The van der Waals surface area contributed by atoms with Crippen LogP contribution in [0.5, 0.6) is 0 Å². The lowest BCUT2D eigenvalue weighted by Gasteiger charge is -2.19. The fraction of sp³-hybridized carbons (Fsp3) is 0.333. The first-order valence-electron chi connectivity index (χ1n) is 4.95. The van der Waals surface area contributed by atoms with Crippen LogP contribution in [0, 0.1) is 0 Å². The maximum absolute atomic E-state index is 6.14. The van der Waals surface area contributed by atoms with Crippen LogP contribution in [0.3, 0.4) is 0 Å². The van der Waals surface area contributed by atoms with Crippen LogP contribution in [0.1, 0.15) is 11.1 Å². The fourth-order valence-electron chi connectivity index (χ4n) is 1.82. The number of halogens is 1. The normalized spacial score (nSPS) is 16.8. The lowest BCUT2D eigenvalue weighted by atomic mass is 10.1. The molecule has 1 aliphatic heterocycles. The van der Waals surface area contributed by atoms with E-state index in [4.69, 9.17) is 16.3 Å². The molecular weight excluding hydrogens is 210 g/mol. The summed E-state index contributed by atoms with van der Waals surface area (Å²) in [5.74, 6) is 0. The quantitative estimate of drug-likeness (QED) is 0.765. The monoisotopic (exact) mass is 223 g/mol. The SMILES string of the molecule is COCN1CC(Cl)=Cc2ccccc2C1. The molecule has 1 heterocycles. The average molecular weight is 224 g/mol. The third-order valence-corrected chi connectivity index (χ3v) is 2.68. The van der Waals surface area contributed by atoms with E-state index in [0.29, 0.717) is 6.73 Å². The zero-order valence-electron chi connectivity index (χ0n) is 8.74. The number of ether oxygens (including phenoxy) is 1. The van der Waals surface area contributed by atoms with Gasteiger partial charge in [0.2, 0.25) is 0 Å². The highest BCUT2D eigenvalue weighted by atomic mass is 35.5. The largest absolute Gasteiger partial charge is 0.369 e. The summed E-state index contributed by atoms with van der Waals surface area (Å²) in [5, 5.41) is 0.858. The van der Waals surface area contributed by atoms with Gasteiger partial charge in [0.05, 0.1) is 6.73 Å². The van der Waals surface area contributed by atoms with Crippen molar-refractivity contribution in [2.24, 2.45) is 0 Å². The summed E-state index contributed by atoms with van der Waals surface area (Å²) in [4.78, 5) is 2.17. The fourth-order valence-corrected chi connectivity index (χ4v) is 2.10. The third kappa shape index (κ3) is 2.59. The van der Waals surface area contributed by atoms with E-state index in [1.54, 1.807) is 7.11 Å². The Morgan fingerprint density at radius 1 is 1.33 bits per heavy atom. The second-order valence-electron chi connectivity index (χ2n) is 3.69. The van der Waals surface area contributed by atoms with Crippen LogP contribution in [0.15, 0.2) is 29.3 Å². The highest BCUT2D eigenvalue weighted by Crippen LogP contribution is 2.22. The predicted molar refractivity (Wildman–Crippen MR) is 62.6 cm³/mol. The zero-order valence-corrected chi connectivity index (χ0v) is 9.50. The number of rotatable bonds is 2. The molecule has 0 aromatic heterocycles. The number of benzene rings is 1. The topological polar surface area (TPSA) is 12.5 Å². The van der Waals surface area contributed by atoms with Gasteiger partial charge in [0, 0.05) is 25.2 Å². The Bertz CT molecular complexity index is 376. The Morgan fingerprint density at radius 2 is 2.13 bits per heavy atom. The molecule has 3 heteroatoms. The minimum absolute atomic E-state index is 0.610. The first kappa shape index (κ1) is 10.7. The summed E-state index contributed by atoms with van der Waals surface area (Å²) in [5.41, 5.74) is 2.51. The molecule has 0 aliphatic carbocycles. The molecule has 0 fully saturated rings. The van der Waals surface area contributed by atoms with Gasteiger partial charge in [-0.05, 0) is 17.2 Å².